The van der Waals surface area contributed by atoms with Crippen LogP contribution in [-0.4, -0.2) is 39.2 Å². The van der Waals surface area contributed by atoms with Gasteiger partial charge in [0.1, 0.15) is 0 Å². The molecule has 1 aliphatic carbocycles. The van der Waals surface area contributed by atoms with Crippen LogP contribution in [0.3, 0.4) is 0 Å². The lowest BCUT2D eigenvalue weighted by molar-refractivity contribution is -0.0143. The number of aromatic carboxylic acids is 1. The molecule has 6 heteroatoms. The van der Waals surface area contributed by atoms with Crippen molar-refractivity contribution in [3.05, 3.63) is 29.6 Å². The van der Waals surface area contributed by atoms with Gasteiger partial charge in [0.25, 0.3) is 5.91 Å². The van der Waals surface area contributed by atoms with Crippen LogP contribution in [0.25, 0.3) is 0 Å². The summed E-state index contributed by atoms with van der Waals surface area (Å²) in [6.07, 6.45) is 7.87. The number of pyridine rings is 1. The second kappa shape index (κ2) is 6.87. The van der Waals surface area contributed by atoms with E-state index >= 15 is 0 Å². The Balaban J connectivity index is 1.97. The lowest BCUT2D eigenvalue weighted by atomic mass is 9.78. The molecule has 0 radical (unpaired) electrons. The molecule has 1 aromatic heterocycles. The molecular weight excluding hydrogens is 284 g/mol. The number of aromatic nitrogens is 1. The first-order valence-corrected chi connectivity index (χ1v) is 7.59. The Hall–Kier alpha value is -1.95. The second-order valence-electron chi connectivity index (χ2n) is 6.14. The number of hydrogen-bond donors (Lipinski definition) is 3. The fourth-order valence-electron chi connectivity index (χ4n) is 2.91. The number of amides is 1. The van der Waals surface area contributed by atoms with Crippen LogP contribution in [0.15, 0.2) is 18.5 Å². The maximum absolute atomic E-state index is 12.1. The van der Waals surface area contributed by atoms with Gasteiger partial charge in [0.2, 0.25) is 0 Å². The number of carbonyl (C=O) groups is 2. The number of aliphatic hydroxyl groups is 1. The molecule has 120 valence electrons. The molecule has 0 aromatic carbocycles. The first kappa shape index (κ1) is 16.4. The minimum atomic E-state index is -1.13. The minimum Gasteiger partial charge on any atom is -0.478 e. The van der Waals surface area contributed by atoms with E-state index in [4.69, 9.17) is 5.11 Å². The Morgan fingerprint density at radius 1 is 1.27 bits per heavy atom. The largest absolute Gasteiger partial charge is 0.478 e. The number of hydrogen-bond acceptors (Lipinski definition) is 4. The van der Waals surface area contributed by atoms with Gasteiger partial charge in [-0.05, 0) is 31.7 Å². The number of carbonyl (C=O) groups excluding carboxylic acids is 1. The molecule has 0 aliphatic heterocycles. The lowest BCUT2D eigenvalue weighted by Crippen LogP contribution is -2.46. The second-order valence-corrected chi connectivity index (χ2v) is 6.14. The molecule has 22 heavy (non-hydrogen) atoms. The zero-order valence-electron chi connectivity index (χ0n) is 12.7. The Morgan fingerprint density at radius 3 is 2.55 bits per heavy atom. The average Bonchev–Trinajstić information content (AvgIpc) is 2.53. The van der Waals surface area contributed by atoms with E-state index in [0.717, 1.165) is 25.7 Å². The molecule has 1 saturated carbocycles. The first-order valence-electron chi connectivity index (χ1n) is 7.59. The Kier molecular flexibility index (Phi) is 5.13. The number of carboxylic acids is 1. The monoisotopic (exact) mass is 306 g/mol. The van der Waals surface area contributed by atoms with E-state index in [1.54, 1.807) is 6.92 Å². The normalized spacial score (nSPS) is 18.5. The van der Waals surface area contributed by atoms with E-state index in [1.807, 2.05) is 0 Å². The summed E-state index contributed by atoms with van der Waals surface area (Å²) in [5.74, 6) is -1.37. The molecular formula is C16H22N2O4. The van der Waals surface area contributed by atoms with Crippen LogP contribution in [0, 0.1) is 5.92 Å². The summed E-state index contributed by atoms with van der Waals surface area (Å²) >= 11 is 0. The number of carboxylic acid groups (broad SMARTS) is 1. The maximum Gasteiger partial charge on any atom is 0.337 e. The van der Waals surface area contributed by atoms with Gasteiger partial charge in [-0.2, -0.15) is 0 Å². The van der Waals surface area contributed by atoms with Crippen LogP contribution >= 0.6 is 0 Å². The van der Waals surface area contributed by atoms with Gasteiger partial charge < -0.3 is 15.5 Å². The fraction of sp³-hybridized carbons (Fsp3) is 0.562. The number of nitrogens with zero attached hydrogens (tertiary/aromatic N) is 1. The molecule has 2 rings (SSSR count). The van der Waals surface area contributed by atoms with Crippen molar-refractivity contribution < 1.29 is 19.8 Å². The molecule has 1 atom stereocenters. The third-order valence-electron chi connectivity index (χ3n) is 4.34. The highest BCUT2D eigenvalue weighted by Crippen LogP contribution is 2.32. The van der Waals surface area contributed by atoms with Gasteiger partial charge in [0.15, 0.2) is 0 Å². The summed E-state index contributed by atoms with van der Waals surface area (Å²) in [5.41, 5.74) is -0.806. The molecule has 0 saturated heterocycles. The van der Waals surface area contributed by atoms with Gasteiger partial charge in [0, 0.05) is 18.9 Å². The van der Waals surface area contributed by atoms with E-state index < -0.39 is 17.5 Å². The van der Waals surface area contributed by atoms with Crippen molar-refractivity contribution in [2.75, 3.05) is 6.54 Å². The molecule has 6 nitrogen and oxygen atoms in total. The van der Waals surface area contributed by atoms with Gasteiger partial charge in [-0.1, -0.05) is 19.3 Å². The third-order valence-corrected chi connectivity index (χ3v) is 4.34. The zero-order valence-corrected chi connectivity index (χ0v) is 12.7. The smallest absolute Gasteiger partial charge is 0.337 e. The van der Waals surface area contributed by atoms with Crippen molar-refractivity contribution in [3.63, 3.8) is 0 Å². The Bertz CT molecular complexity index is 551. The maximum atomic E-state index is 12.1. The highest BCUT2D eigenvalue weighted by atomic mass is 16.4. The predicted octanol–water partition coefficient (Wildman–Crippen LogP) is 1.84. The van der Waals surface area contributed by atoms with Gasteiger partial charge in [-0.3, -0.25) is 9.78 Å². The molecule has 1 heterocycles. The topological polar surface area (TPSA) is 99.5 Å². The van der Waals surface area contributed by atoms with Crippen LogP contribution in [0.5, 0.6) is 0 Å². The van der Waals surface area contributed by atoms with E-state index in [-0.39, 0.29) is 23.6 Å². The van der Waals surface area contributed by atoms with Crippen LogP contribution in [0.2, 0.25) is 0 Å². The van der Waals surface area contributed by atoms with E-state index in [0.29, 0.717) is 0 Å². The van der Waals surface area contributed by atoms with Gasteiger partial charge in [-0.25, -0.2) is 4.79 Å². The summed E-state index contributed by atoms with van der Waals surface area (Å²) in [5, 5.41) is 22.1. The first-order chi connectivity index (χ1) is 10.4. The molecule has 0 spiro atoms. The van der Waals surface area contributed by atoms with Crippen molar-refractivity contribution in [1.29, 1.82) is 0 Å². The van der Waals surface area contributed by atoms with Crippen molar-refractivity contribution >= 4 is 11.9 Å². The van der Waals surface area contributed by atoms with E-state index in [9.17, 15) is 14.7 Å². The predicted molar refractivity (Wildman–Crippen MR) is 80.7 cm³/mol. The van der Waals surface area contributed by atoms with Crippen molar-refractivity contribution in [2.24, 2.45) is 5.92 Å². The van der Waals surface area contributed by atoms with E-state index in [1.165, 1.54) is 24.9 Å². The Labute approximate surface area is 129 Å². The molecule has 1 fully saturated rings. The number of rotatable bonds is 5. The van der Waals surface area contributed by atoms with Crippen LogP contribution in [-0.2, 0) is 0 Å². The van der Waals surface area contributed by atoms with Crippen molar-refractivity contribution in [3.8, 4) is 0 Å². The standard InChI is InChI=1S/C16H22N2O4/c1-16(22,13-5-3-2-4-6-13)10-18-14(19)11-7-12(15(20)21)9-17-8-11/h7-9,13,22H,2-6,10H2,1H3,(H,18,19)(H,20,21). The third kappa shape index (κ3) is 4.04. The summed E-state index contributed by atoms with van der Waals surface area (Å²) in [7, 11) is 0. The van der Waals surface area contributed by atoms with Crippen LogP contribution < -0.4 is 5.32 Å². The quantitative estimate of drug-likeness (QED) is 0.771. The molecule has 1 unspecified atom stereocenters. The van der Waals surface area contributed by atoms with E-state index in [2.05, 4.69) is 10.3 Å². The van der Waals surface area contributed by atoms with Gasteiger partial charge in [0.05, 0.1) is 16.7 Å². The average molecular weight is 306 g/mol. The number of nitrogens with one attached hydrogen (secondary N) is 1. The molecule has 0 bridgehead atoms. The zero-order chi connectivity index (χ0) is 16.2. The fourth-order valence-corrected chi connectivity index (χ4v) is 2.91. The molecule has 1 aromatic rings. The van der Waals surface area contributed by atoms with Crippen molar-refractivity contribution in [2.45, 2.75) is 44.6 Å². The Morgan fingerprint density at radius 2 is 1.91 bits per heavy atom. The minimum absolute atomic E-state index is 0.0355. The van der Waals surface area contributed by atoms with Crippen LogP contribution in [0.1, 0.15) is 59.7 Å². The molecule has 1 amide bonds. The van der Waals surface area contributed by atoms with Crippen LogP contribution in [0.4, 0.5) is 0 Å². The summed E-state index contributed by atoms with van der Waals surface area (Å²) in [6, 6.07) is 1.28. The summed E-state index contributed by atoms with van der Waals surface area (Å²) < 4.78 is 0. The summed E-state index contributed by atoms with van der Waals surface area (Å²) in [6.45, 7) is 1.89. The van der Waals surface area contributed by atoms with Crippen molar-refractivity contribution in [1.82, 2.24) is 10.3 Å². The van der Waals surface area contributed by atoms with Gasteiger partial charge in [-0.15, -0.1) is 0 Å². The SMILES string of the molecule is CC(O)(CNC(=O)c1cncc(C(=O)O)c1)C1CCCCC1. The summed E-state index contributed by atoms with van der Waals surface area (Å²) in [4.78, 5) is 26.7. The highest BCUT2D eigenvalue weighted by Gasteiger charge is 2.33. The van der Waals surface area contributed by atoms with Gasteiger partial charge >= 0.3 is 5.97 Å². The highest BCUT2D eigenvalue weighted by molar-refractivity contribution is 5.96. The molecule has 3 N–H and O–H groups in total. The lowest BCUT2D eigenvalue weighted by Gasteiger charge is -2.35. The molecule has 1 aliphatic rings.